The van der Waals surface area contributed by atoms with Crippen molar-refractivity contribution < 1.29 is 14.2 Å². The van der Waals surface area contributed by atoms with Crippen LogP contribution in [0, 0.1) is 0 Å². The maximum atomic E-state index is 5.89. The molecule has 2 fully saturated rings. The van der Waals surface area contributed by atoms with E-state index in [0.717, 1.165) is 64.7 Å². The lowest BCUT2D eigenvalue weighted by Crippen LogP contribution is -2.45. The molecule has 24 heavy (non-hydrogen) atoms. The zero-order chi connectivity index (χ0) is 17.3. The van der Waals surface area contributed by atoms with Crippen molar-refractivity contribution in [3.63, 3.8) is 0 Å². The molecule has 0 saturated carbocycles. The molecule has 0 bridgehead atoms. The highest BCUT2D eigenvalue weighted by Gasteiger charge is 2.31. The van der Waals surface area contributed by atoms with E-state index in [-0.39, 0.29) is 16.9 Å². The molecule has 0 amide bonds. The highest BCUT2D eigenvalue weighted by Crippen LogP contribution is 2.33. The Balaban J connectivity index is 1.82. The molecule has 6 nitrogen and oxygen atoms in total. The van der Waals surface area contributed by atoms with Gasteiger partial charge < -0.3 is 24.8 Å². The van der Waals surface area contributed by atoms with Gasteiger partial charge in [-0.15, -0.1) is 0 Å². The lowest BCUT2D eigenvalue weighted by atomic mass is 9.99. The Morgan fingerprint density at radius 3 is 2.75 bits per heavy atom. The zero-order valence-corrected chi connectivity index (χ0v) is 16.1. The molecule has 2 aliphatic heterocycles. The first-order valence-electron chi connectivity index (χ1n) is 9.04. The number of hydrogen-bond acceptors (Lipinski definition) is 5. The fraction of sp³-hybridized carbons (Fsp3) is 0.941. The van der Waals surface area contributed by atoms with Crippen LogP contribution < -0.4 is 10.6 Å². The molecule has 2 N–H and O–H groups in total. The van der Waals surface area contributed by atoms with Crippen molar-refractivity contribution in [1.29, 1.82) is 0 Å². The molecule has 2 heterocycles. The molecule has 0 aliphatic carbocycles. The number of ether oxygens (including phenoxy) is 3. The second-order valence-corrected chi connectivity index (χ2v) is 7.83. The lowest BCUT2D eigenvalue weighted by molar-refractivity contribution is 0.0347. The maximum Gasteiger partial charge on any atom is 0.191 e. The molecule has 7 heteroatoms. The van der Waals surface area contributed by atoms with Gasteiger partial charge in [0.1, 0.15) is 0 Å². The second kappa shape index (κ2) is 10.5. The van der Waals surface area contributed by atoms with E-state index in [1.165, 1.54) is 0 Å². The smallest absolute Gasteiger partial charge is 0.191 e. The van der Waals surface area contributed by atoms with E-state index in [1.807, 2.05) is 11.8 Å². The Morgan fingerprint density at radius 1 is 1.33 bits per heavy atom. The third-order valence-corrected chi connectivity index (χ3v) is 5.96. The molecule has 0 aromatic carbocycles. The molecule has 0 radical (unpaired) electrons. The van der Waals surface area contributed by atoms with E-state index >= 15 is 0 Å². The molecule has 2 unspecified atom stereocenters. The summed E-state index contributed by atoms with van der Waals surface area (Å²) in [5, 5.41) is 6.80. The Hall–Kier alpha value is -0.500. The van der Waals surface area contributed by atoms with Gasteiger partial charge in [0.15, 0.2) is 5.96 Å². The summed E-state index contributed by atoms with van der Waals surface area (Å²) < 4.78 is 16.9. The summed E-state index contributed by atoms with van der Waals surface area (Å²) in [4.78, 5) is 4.84. The van der Waals surface area contributed by atoms with Crippen molar-refractivity contribution in [2.24, 2.45) is 4.99 Å². The highest BCUT2D eigenvalue weighted by molar-refractivity contribution is 8.00. The summed E-state index contributed by atoms with van der Waals surface area (Å²) in [5.41, 5.74) is 0. The second-order valence-electron chi connectivity index (χ2n) is 6.56. The standard InChI is InChI=1S/C17H33N3O3S/c1-4-18-16(19-13-17(24-3)6-9-21-10-7-17)20-14(2)11-23-15-5-8-22-12-15/h14-15H,4-13H2,1-3H3,(H2,18,19,20). The molecule has 140 valence electrons. The van der Waals surface area contributed by atoms with Gasteiger partial charge in [0.2, 0.25) is 0 Å². The van der Waals surface area contributed by atoms with Crippen molar-refractivity contribution >= 4 is 17.7 Å². The number of nitrogens with zero attached hydrogens (tertiary/aromatic N) is 1. The largest absolute Gasteiger partial charge is 0.381 e. The van der Waals surface area contributed by atoms with Crippen molar-refractivity contribution in [1.82, 2.24) is 10.6 Å². The van der Waals surface area contributed by atoms with Crippen molar-refractivity contribution in [3.05, 3.63) is 0 Å². The van der Waals surface area contributed by atoms with Crippen molar-refractivity contribution in [2.75, 3.05) is 52.4 Å². The predicted molar refractivity (Wildman–Crippen MR) is 100 cm³/mol. The van der Waals surface area contributed by atoms with Crippen LogP contribution in [0.3, 0.4) is 0 Å². The summed E-state index contributed by atoms with van der Waals surface area (Å²) in [6, 6.07) is 0.211. The topological polar surface area (TPSA) is 64.1 Å². The van der Waals surface area contributed by atoms with E-state index in [9.17, 15) is 0 Å². The minimum absolute atomic E-state index is 0.210. The Labute approximate surface area is 150 Å². The van der Waals surface area contributed by atoms with Crippen molar-refractivity contribution in [2.45, 2.75) is 50.0 Å². The zero-order valence-electron chi connectivity index (χ0n) is 15.3. The van der Waals surface area contributed by atoms with Gasteiger partial charge in [-0.05, 0) is 39.4 Å². The van der Waals surface area contributed by atoms with E-state index in [2.05, 4.69) is 30.7 Å². The van der Waals surface area contributed by atoms with Crippen molar-refractivity contribution in [3.8, 4) is 0 Å². The number of nitrogens with one attached hydrogen (secondary N) is 2. The van der Waals surface area contributed by atoms with Gasteiger partial charge in [0, 0.05) is 37.2 Å². The van der Waals surface area contributed by atoms with Crippen LogP contribution in [-0.4, -0.2) is 75.2 Å². The first-order valence-corrected chi connectivity index (χ1v) is 10.3. The van der Waals surface area contributed by atoms with E-state index in [0.29, 0.717) is 6.61 Å². The van der Waals surface area contributed by atoms with Crippen LogP contribution in [0.15, 0.2) is 4.99 Å². The van der Waals surface area contributed by atoms with Crippen LogP contribution in [0.1, 0.15) is 33.1 Å². The van der Waals surface area contributed by atoms with Gasteiger partial charge in [-0.25, -0.2) is 0 Å². The summed E-state index contributed by atoms with van der Waals surface area (Å²) >= 11 is 1.92. The summed E-state index contributed by atoms with van der Waals surface area (Å²) in [6.07, 6.45) is 5.56. The van der Waals surface area contributed by atoms with Gasteiger partial charge in [-0.2, -0.15) is 11.8 Å². The van der Waals surface area contributed by atoms with Crippen LogP contribution in [0.2, 0.25) is 0 Å². The number of hydrogen-bond donors (Lipinski definition) is 2. The third-order valence-electron chi connectivity index (χ3n) is 4.56. The van der Waals surface area contributed by atoms with Crippen LogP contribution >= 0.6 is 11.8 Å². The molecule has 0 aromatic rings. The Morgan fingerprint density at radius 2 is 2.12 bits per heavy atom. The van der Waals surface area contributed by atoms with Crippen LogP contribution in [0.4, 0.5) is 0 Å². The Bertz CT molecular complexity index is 383. The predicted octanol–water partition coefficient (Wildman–Crippen LogP) is 1.65. The van der Waals surface area contributed by atoms with Gasteiger partial charge >= 0.3 is 0 Å². The number of guanidine groups is 1. The van der Waals surface area contributed by atoms with Crippen LogP contribution in [0.5, 0.6) is 0 Å². The quantitative estimate of drug-likeness (QED) is 0.507. The minimum atomic E-state index is 0.210. The van der Waals surface area contributed by atoms with Crippen LogP contribution in [0.25, 0.3) is 0 Å². The lowest BCUT2D eigenvalue weighted by Gasteiger charge is -2.34. The molecule has 2 atom stereocenters. The van der Waals surface area contributed by atoms with E-state index in [1.54, 1.807) is 0 Å². The molecule has 0 aromatic heterocycles. The molecule has 2 saturated heterocycles. The van der Waals surface area contributed by atoms with E-state index in [4.69, 9.17) is 19.2 Å². The average molecular weight is 360 g/mol. The van der Waals surface area contributed by atoms with E-state index < -0.39 is 0 Å². The average Bonchev–Trinajstić information content (AvgIpc) is 3.12. The van der Waals surface area contributed by atoms with Gasteiger partial charge in [0.05, 0.1) is 25.9 Å². The number of aliphatic imine (C=N–C) groups is 1. The molecular formula is C17H33N3O3S. The Kier molecular flexibility index (Phi) is 8.66. The number of rotatable bonds is 8. The number of thioether (sulfide) groups is 1. The maximum absolute atomic E-state index is 5.89. The molecule has 2 aliphatic rings. The SMILES string of the molecule is CCNC(=NCC1(SC)CCOCC1)NC(C)COC1CCOC1. The van der Waals surface area contributed by atoms with Gasteiger partial charge in [-0.3, -0.25) is 4.99 Å². The highest BCUT2D eigenvalue weighted by atomic mass is 32.2. The first kappa shape index (κ1) is 19.8. The molecular weight excluding hydrogens is 326 g/mol. The summed E-state index contributed by atoms with van der Waals surface area (Å²) in [7, 11) is 0. The monoisotopic (exact) mass is 359 g/mol. The fourth-order valence-electron chi connectivity index (χ4n) is 2.91. The fourth-order valence-corrected chi connectivity index (χ4v) is 3.68. The minimum Gasteiger partial charge on any atom is -0.381 e. The van der Waals surface area contributed by atoms with Crippen LogP contribution in [-0.2, 0) is 14.2 Å². The summed E-state index contributed by atoms with van der Waals surface area (Å²) in [5.74, 6) is 0.871. The first-order chi connectivity index (χ1) is 11.7. The summed E-state index contributed by atoms with van der Waals surface area (Å²) in [6.45, 7) is 9.77. The molecule has 0 spiro atoms. The normalized spacial score (nSPS) is 25.5. The molecule has 2 rings (SSSR count). The van der Waals surface area contributed by atoms with Gasteiger partial charge in [-0.1, -0.05) is 0 Å². The van der Waals surface area contributed by atoms with Gasteiger partial charge in [0.25, 0.3) is 0 Å². The third kappa shape index (κ3) is 6.43.